The fourth-order valence-corrected chi connectivity index (χ4v) is 4.31. The Morgan fingerprint density at radius 2 is 2.00 bits per heavy atom. The first kappa shape index (κ1) is 18.5. The van der Waals surface area contributed by atoms with Crippen LogP contribution in [0.4, 0.5) is 0 Å². The van der Waals surface area contributed by atoms with Crippen molar-refractivity contribution in [2.45, 2.75) is 37.5 Å². The second kappa shape index (κ2) is 8.42. The Morgan fingerprint density at radius 1 is 1.15 bits per heavy atom. The second-order valence-corrected chi connectivity index (χ2v) is 7.91. The Kier molecular flexibility index (Phi) is 5.77. The van der Waals surface area contributed by atoms with Crippen molar-refractivity contribution in [2.24, 2.45) is 0 Å². The van der Waals surface area contributed by atoms with E-state index in [-0.39, 0.29) is 18.1 Å². The van der Waals surface area contributed by atoms with E-state index in [1.807, 2.05) is 30.3 Å². The van der Waals surface area contributed by atoms with Crippen LogP contribution >= 0.6 is 11.6 Å². The number of aryl methyl sites for hydroxylation is 1. The SMILES string of the molecule is O=C(CCc1cccc(Cl)c1)N[C@@H]1C[C@H]2CO[C@@H](c3ccccc3)CN2C1. The third-order valence-corrected chi connectivity index (χ3v) is 5.72. The lowest BCUT2D eigenvalue weighted by molar-refractivity contribution is -0.121. The molecule has 4 nitrogen and oxygen atoms in total. The highest BCUT2D eigenvalue weighted by Crippen LogP contribution is 2.30. The van der Waals surface area contributed by atoms with Gasteiger partial charge in [-0.25, -0.2) is 0 Å². The van der Waals surface area contributed by atoms with Crippen LogP contribution in [0.15, 0.2) is 54.6 Å². The van der Waals surface area contributed by atoms with Crippen LogP contribution in [0.5, 0.6) is 0 Å². The quantitative estimate of drug-likeness (QED) is 0.856. The van der Waals surface area contributed by atoms with Gasteiger partial charge in [-0.3, -0.25) is 9.69 Å². The second-order valence-electron chi connectivity index (χ2n) is 7.47. The van der Waals surface area contributed by atoms with Crippen LogP contribution in [0.1, 0.15) is 30.1 Å². The molecule has 1 N–H and O–H groups in total. The minimum Gasteiger partial charge on any atom is -0.371 e. The molecule has 0 spiro atoms. The topological polar surface area (TPSA) is 41.6 Å². The summed E-state index contributed by atoms with van der Waals surface area (Å²) in [7, 11) is 0. The number of nitrogens with zero attached hydrogens (tertiary/aromatic N) is 1. The largest absolute Gasteiger partial charge is 0.371 e. The zero-order chi connectivity index (χ0) is 18.6. The summed E-state index contributed by atoms with van der Waals surface area (Å²) in [6.45, 7) is 2.53. The van der Waals surface area contributed by atoms with Gasteiger partial charge in [0.1, 0.15) is 0 Å². The minimum atomic E-state index is 0.111. The fourth-order valence-electron chi connectivity index (χ4n) is 4.10. The van der Waals surface area contributed by atoms with E-state index in [1.165, 1.54) is 5.56 Å². The number of hydrogen-bond donors (Lipinski definition) is 1. The van der Waals surface area contributed by atoms with E-state index in [4.69, 9.17) is 16.3 Å². The number of rotatable bonds is 5. The first-order valence-electron chi connectivity index (χ1n) is 9.62. The van der Waals surface area contributed by atoms with Crippen LogP contribution in [0.2, 0.25) is 5.02 Å². The number of ether oxygens (including phenoxy) is 1. The van der Waals surface area contributed by atoms with Crippen molar-refractivity contribution in [2.75, 3.05) is 19.7 Å². The molecule has 0 radical (unpaired) electrons. The Morgan fingerprint density at radius 3 is 2.81 bits per heavy atom. The molecule has 0 aliphatic carbocycles. The summed E-state index contributed by atoms with van der Waals surface area (Å²) >= 11 is 6.01. The average molecular weight is 385 g/mol. The maximum Gasteiger partial charge on any atom is 0.220 e. The van der Waals surface area contributed by atoms with Gasteiger partial charge in [-0.1, -0.05) is 54.1 Å². The van der Waals surface area contributed by atoms with Crippen molar-refractivity contribution in [3.63, 3.8) is 0 Å². The summed E-state index contributed by atoms with van der Waals surface area (Å²) < 4.78 is 6.08. The summed E-state index contributed by atoms with van der Waals surface area (Å²) in [5.74, 6) is 0.111. The molecule has 2 aromatic carbocycles. The van der Waals surface area contributed by atoms with Crippen molar-refractivity contribution in [1.29, 1.82) is 0 Å². The third-order valence-electron chi connectivity index (χ3n) is 5.48. The number of fused-ring (bicyclic) bond motifs is 1. The highest BCUT2D eigenvalue weighted by Gasteiger charge is 2.38. The number of halogens is 1. The van der Waals surface area contributed by atoms with Crippen molar-refractivity contribution in [3.8, 4) is 0 Å². The van der Waals surface area contributed by atoms with Crippen LogP contribution in [0, 0.1) is 0 Å². The average Bonchev–Trinajstić information content (AvgIpc) is 3.08. The number of benzene rings is 2. The van der Waals surface area contributed by atoms with Crippen molar-refractivity contribution >= 4 is 17.5 Å². The molecule has 142 valence electrons. The predicted octanol–water partition coefficient (Wildman–Crippen LogP) is 3.60. The number of carbonyl (C=O) groups is 1. The van der Waals surface area contributed by atoms with Crippen LogP contribution in [0.25, 0.3) is 0 Å². The monoisotopic (exact) mass is 384 g/mol. The third kappa shape index (κ3) is 4.70. The number of amides is 1. The predicted molar refractivity (Wildman–Crippen MR) is 107 cm³/mol. The molecule has 0 aromatic heterocycles. The first-order chi connectivity index (χ1) is 13.2. The van der Waals surface area contributed by atoms with Crippen LogP contribution in [-0.2, 0) is 16.0 Å². The summed E-state index contributed by atoms with van der Waals surface area (Å²) in [5, 5.41) is 3.92. The number of nitrogens with one attached hydrogen (secondary N) is 1. The summed E-state index contributed by atoms with van der Waals surface area (Å²) in [5.41, 5.74) is 2.32. The molecule has 2 heterocycles. The molecular weight excluding hydrogens is 360 g/mol. The van der Waals surface area contributed by atoms with Crippen LogP contribution in [-0.4, -0.2) is 42.6 Å². The molecule has 2 aliphatic heterocycles. The lowest BCUT2D eigenvalue weighted by Gasteiger charge is -2.35. The Balaban J connectivity index is 1.26. The maximum absolute atomic E-state index is 12.4. The van der Waals surface area contributed by atoms with Gasteiger partial charge in [-0.15, -0.1) is 0 Å². The van der Waals surface area contributed by atoms with E-state index in [1.54, 1.807) is 0 Å². The summed E-state index contributed by atoms with van der Waals surface area (Å²) in [6, 6.07) is 18.7. The van der Waals surface area contributed by atoms with Gasteiger partial charge in [0.2, 0.25) is 5.91 Å². The van der Waals surface area contributed by atoms with Crippen molar-refractivity contribution < 1.29 is 9.53 Å². The molecule has 0 unspecified atom stereocenters. The molecule has 0 saturated carbocycles. The molecule has 2 saturated heterocycles. The number of hydrogen-bond acceptors (Lipinski definition) is 3. The number of carbonyl (C=O) groups excluding carboxylic acids is 1. The molecule has 2 fully saturated rings. The highest BCUT2D eigenvalue weighted by molar-refractivity contribution is 6.30. The standard InChI is InChI=1S/C22H25ClN2O2/c23-18-8-4-5-16(11-18)9-10-22(26)24-19-12-20-15-27-21(14-25(20)13-19)17-6-2-1-3-7-17/h1-8,11,19-21H,9-10,12-15H2,(H,24,26)/t19-,20+,21-/m1/s1. The highest BCUT2D eigenvalue weighted by atomic mass is 35.5. The summed E-state index contributed by atoms with van der Waals surface area (Å²) in [4.78, 5) is 14.8. The van der Waals surface area contributed by atoms with Gasteiger partial charge in [0.05, 0.1) is 12.7 Å². The molecule has 1 amide bonds. The lowest BCUT2D eigenvalue weighted by Crippen LogP contribution is -2.43. The zero-order valence-corrected chi connectivity index (χ0v) is 16.1. The maximum atomic E-state index is 12.4. The van der Waals surface area contributed by atoms with Gasteiger partial charge in [-0.05, 0) is 36.1 Å². The van der Waals surface area contributed by atoms with Gasteiger partial charge in [-0.2, -0.15) is 0 Å². The Hall–Kier alpha value is -1.88. The fraction of sp³-hybridized carbons (Fsp3) is 0.409. The van der Waals surface area contributed by atoms with Crippen LogP contribution in [0.3, 0.4) is 0 Å². The molecule has 5 heteroatoms. The van der Waals surface area contributed by atoms with Crippen molar-refractivity contribution in [1.82, 2.24) is 10.2 Å². The molecule has 27 heavy (non-hydrogen) atoms. The van der Waals surface area contributed by atoms with Gasteiger partial charge in [0.15, 0.2) is 0 Å². The zero-order valence-electron chi connectivity index (χ0n) is 15.3. The van der Waals surface area contributed by atoms with E-state index in [9.17, 15) is 4.79 Å². The van der Waals surface area contributed by atoms with Gasteiger partial charge < -0.3 is 10.1 Å². The lowest BCUT2D eigenvalue weighted by atomic mass is 10.1. The summed E-state index contributed by atoms with van der Waals surface area (Å²) in [6.07, 6.45) is 2.29. The molecular formula is C22H25ClN2O2. The van der Waals surface area contributed by atoms with Crippen molar-refractivity contribution in [3.05, 3.63) is 70.7 Å². The van der Waals surface area contributed by atoms with E-state index in [0.29, 0.717) is 23.9 Å². The van der Waals surface area contributed by atoms with Gasteiger partial charge in [0.25, 0.3) is 0 Å². The van der Waals surface area contributed by atoms with E-state index >= 15 is 0 Å². The number of morpholine rings is 1. The van der Waals surface area contributed by atoms with E-state index < -0.39 is 0 Å². The van der Waals surface area contributed by atoms with Gasteiger partial charge >= 0.3 is 0 Å². The molecule has 2 aromatic rings. The smallest absolute Gasteiger partial charge is 0.220 e. The van der Waals surface area contributed by atoms with E-state index in [2.05, 4.69) is 34.5 Å². The molecule has 4 rings (SSSR count). The molecule has 2 aliphatic rings. The van der Waals surface area contributed by atoms with Gasteiger partial charge in [0, 0.05) is 36.6 Å². The molecule has 0 bridgehead atoms. The first-order valence-corrected chi connectivity index (χ1v) is 9.99. The molecule has 3 atom stereocenters. The van der Waals surface area contributed by atoms with Crippen LogP contribution < -0.4 is 5.32 Å². The van der Waals surface area contributed by atoms with E-state index in [0.717, 1.165) is 31.7 Å². The Labute approximate surface area is 165 Å². The normalized spacial score (nSPS) is 25.1. The minimum absolute atomic E-state index is 0.111. The Bertz CT molecular complexity index is 783.